The van der Waals surface area contributed by atoms with Gasteiger partial charge in [-0.2, -0.15) is 10.4 Å². The van der Waals surface area contributed by atoms with E-state index in [4.69, 9.17) is 9.47 Å². The average Bonchev–Trinajstić information content (AvgIpc) is 2.63. The van der Waals surface area contributed by atoms with Crippen LogP contribution in [-0.4, -0.2) is 24.4 Å². The number of nitrogens with zero attached hydrogens (tertiary/aromatic N) is 3. The van der Waals surface area contributed by atoms with Crippen LogP contribution >= 0.6 is 0 Å². The summed E-state index contributed by atoms with van der Waals surface area (Å²) in [4.78, 5) is 4.37. The standard InChI is InChI=1S/C20H24N4O2/c1-5-15(3)26-19-9-7-6-8-16(19)12-22-24-20-18(11-21)17(13-25-4)10-14(2)23-20/h6-10,12,15H,5,13H2,1-4H3,(H,23,24)/b22-12-/t15-/m1/s1. The highest BCUT2D eigenvalue weighted by Gasteiger charge is 2.11. The number of methoxy groups -OCH3 is 1. The van der Waals surface area contributed by atoms with Gasteiger partial charge in [0.25, 0.3) is 0 Å². The second-order valence-electron chi connectivity index (χ2n) is 5.94. The molecular weight excluding hydrogens is 328 g/mol. The van der Waals surface area contributed by atoms with Crippen LogP contribution in [0.1, 0.15) is 42.7 Å². The highest BCUT2D eigenvalue weighted by molar-refractivity contribution is 5.84. The monoisotopic (exact) mass is 352 g/mol. The summed E-state index contributed by atoms with van der Waals surface area (Å²) in [6, 6.07) is 11.7. The van der Waals surface area contributed by atoms with E-state index in [1.54, 1.807) is 13.3 Å². The molecule has 0 bridgehead atoms. The molecule has 2 aromatic rings. The predicted molar refractivity (Wildman–Crippen MR) is 102 cm³/mol. The molecule has 0 unspecified atom stereocenters. The SMILES string of the molecule is CC[C@@H](C)Oc1ccccc1/C=N\Nc1nc(C)cc(COC)c1C#N. The number of para-hydroxylation sites is 1. The van der Waals surface area contributed by atoms with Gasteiger partial charge < -0.3 is 9.47 Å². The first-order chi connectivity index (χ1) is 12.6. The van der Waals surface area contributed by atoms with Crippen LogP contribution in [0.15, 0.2) is 35.4 Å². The lowest BCUT2D eigenvalue weighted by molar-refractivity contribution is 0.184. The van der Waals surface area contributed by atoms with Crippen molar-refractivity contribution < 1.29 is 9.47 Å². The molecule has 1 aromatic heterocycles. The van der Waals surface area contributed by atoms with E-state index < -0.39 is 0 Å². The molecule has 136 valence electrons. The van der Waals surface area contributed by atoms with Crippen molar-refractivity contribution in [1.29, 1.82) is 5.26 Å². The molecule has 0 saturated carbocycles. The van der Waals surface area contributed by atoms with Gasteiger partial charge in [0.1, 0.15) is 17.4 Å². The molecule has 6 nitrogen and oxygen atoms in total. The predicted octanol–water partition coefficient (Wildman–Crippen LogP) is 4.03. The van der Waals surface area contributed by atoms with Crippen LogP contribution in [0, 0.1) is 18.3 Å². The summed E-state index contributed by atoms with van der Waals surface area (Å²) in [5, 5.41) is 13.7. The van der Waals surface area contributed by atoms with Crippen LogP contribution in [0.4, 0.5) is 5.82 Å². The molecule has 0 spiro atoms. The maximum Gasteiger partial charge on any atom is 0.164 e. The fourth-order valence-corrected chi connectivity index (χ4v) is 2.37. The minimum Gasteiger partial charge on any atom is -0.490 e. The summed E-state index contributed by atoms with van der Waals surface area (Å²) in [7, 11) is 1.59. The molecule has 1 aromatic carbocycles. The van der Waals surface area contributed by atoms with Crippen LogP contribution < -0.4 is 10.2 Å². The number of hydrogen-bond acceptors (Lipinski definition) is 6. The van der Waals surface area contributed by atoms with Crippen LogP contribution in [0.5, 0.6) is 5.75 Å². The number of aromatic nitrogens is 1. The van der Waals surface area contributed by atoms with E-state index in [0.717, 1.165) is 29.0 Å². The molecule has 0 radical (unpaired) electrons. The molecule has 0 amide bonds. The van der Waals surface area contributed by atoms with Crippen molar-refractivity contribution in [2.45, 2.75) is 39.9 Å². The molecule has 2 rings (SSSR count). The number of nitriles is 1. The topological polar surface area (TPSA) is 79.5 Å². The third kappa shape index (κ3) is 5.04. The van der Waals surface area contributed by atoms with Crippen LogP contribution in [0.3, 0.4) is 0 Å². The Morgan fingerprint density at radius 1 is 1.38 bits per heavy atom. The number of anilines is 1. The number of nitrogens with one attached hydrogen (secondary N) is 1. The number of pyridine rings is 1. The van der Waals surface area contributed by atoms with Crippen molar-refractivity contribution >= 4 is 12.0 Å². The van der Waals surface area contributed by atoms with Gasteiger partial charge in [0.05, 0.1) is 18.9 Å². The van der Waals surface area contributed by atoms with E-state index in [0.29, 0.717) is 18.0 Å². The largest absolute Gasteiger partial charge is 0.490 e. The second kappa shape index (κ2) is 9.54. The summed E-state index contributed by atoms with van der Waals surface area (Å²) in [5.74, 6) is 1.18. The Kier molecular flexibility index (Phi) is 7.12. The number of hydrogen-bond donors (Lipinski definition) is 1. The van der Waals surface area contributed by atoms with Gasteiger partial charge in [0.2, 0.25) is 0 Å². The third-order valence-corrected chi connectivity index (χ3v) is 3.84. The highest BCUT2D eigenvalue weighted by atomic mass is 16.5. The Balaban J connectivity index is 2.23. The third-order valence-electron chi connectivity index (χ3n) is 3.84. The summed E-state index contributed by atoms with van der Waals surface area (Å²) in [5.41, 5.74) is 5.72. The molecule has 0 aliphatic heterocycles. The van der Waals surface area contributed by atoms with Crippen molar-refractivity contribution in [3.8, 4) is 11.8 Å². The van der Waals surface area contributed by atoms with Gasteiger partial charge in [-0.05, 0) is 38.5 Å². The Morgan fingerprint density at radius 3 is 2.85 bits per heavy atom. The molecular formula is C20H24N4O2. The van der Waals surface area contributed by atoms with Gasteiger partial charge in [-0.25, -0.2) is 4.98 Å². The number of rotatable bonds is 8. The zero-order chi connectivity index (χ0) is 18.9. The molecule has 6 heteroatoms. The van der Waals surface area contributed by atoms with E-state index in [2.05, 4.69) is 28.5 Å². The van der Waals surface area contributed by atoms with E-state index in [9.17, 15) is 5.26 Å². The fraction of sp³-hybridized carbons (Fsp3) is 0.350. The average molecular weight is 352 g/mol. The Labute approximate surface area is 154 Å². The Hall–Kier alpha value is -2.91. The van der Waals surface area contributed by atoms with Crippen molar-refractivity contribution in [2.24, 2.45) is 5.10 Å². The molecule has 0 aliphatic rings. The van der Waals surface area contributed by atoms with Crippen LogP contribution in [0.2, 0.25) is 0 Å². The number of aryl methyl sites for hydroxylation is 1. The summed E-state index contributed by atoms with van der Waals surface area (Å²) < 4.78 is 11.1. The highest BCUT2D eigenvalue weighted by Crippen LogP contribution is 2.21. The number of ether oxygens (including phenoxy) is 2. The van der Waals surface area contributed by atoms with E-state index in [1.165, 1.54) is 0 Å². The van der Waals surface area contributed by atoms with E-state index in [-0.39, 0.29) is 6.10 Å². The van der Waals surface area contributed by atoms with Crippen molar-refractivity contribution in [1.82, 2.24) is 4.98 Å². The fourth-order valence-electron chi connectivity index (χ4n) is 2.37. The Bertz CT molecular complexity index is 812. The summed E-state index contributed by atoms with van der Waals surface area (Å²) >= 11 is 0. The zero-order valence-electron chi connectivity index (χ0n) is 15.6. The maximum absolute atomic E-state index is 9.45. The summed E-state index contributed by atoms with van der Waals surface area (Å²) in [6.07, 6.45) is 2.71. The van der Waals surface area contributed by atoms with Crippen LogP contribution in [-0.2, 0) is 11.3 Å². The second-order valence-corrected chi connectivity index (χ2v) is 5.94. The quantitative estimate of drug-likeness (QED) is 0.573. The molecule has 0 fully saturated rings. The Morgan fingerprint density at radius 2 is 2.15 bits per heavy atom. The first kappa shape index (κ1) is 19.4. The van der Waals surface area contributed by atoms with Gasteiger partial charge in [-0.15, -0.1) is 0 Å². The van der Waals surface area contributed by atoms with Gasteiger partial charge >= 0.3 is 0 Å². The van der Waals surface area contributed by atoms with Gasteiger partial charge in [-0.1, -0.05) is 19.1 Å². The number of hydrazone groups is 1. The van der Waals surface area contributed by atoms with Gasteiger partial charge in [0.15, 0.2) is 5.82 Å². The van der Waals surface area contributed by atoms with E-state index in [1.807, 2.05) is 44.2 Å². The molecule has 0 saturated heterocycles. The van der Waals surface area contributed by atoms with Crippen molar-refractivity contribution in [3.05, 3.63) is 52.7 Å². The molecule has 26 heavy (non-hydrogen) atoms. The summed E-state index contributed by atoms with van der Waals surface area (Å²) in [6.45, 7) is 6.31. The van der Waals surface area contributed by atoms with Gasteiger partial charge in [0, 0.05) is 23.9 Å². The lowest BCUT2D eigenvalue weighted by Gasteiger charge is -2.14. The first-order valence-electron chi connectivity index (χ1n) is 8.53. The molecule has 1 N–H and O–H groups in total. The zero-order valence-corrected chi connectivity index (χ0v) is 15.6. The molecule has 0 aliphatic carbocycles. The van der Waals surface area contributed by atoms with Crippen molar-refractivity contribution in [3.63, 3.8) is 0 Å². The van der Waals surface area contributed by atoms with Gasteiger partial charge in [-0.3, -0.25) is 5.43 Å². The van der Waals surface area contributed by atoms with E-state index >= 15 is 0 Å². The lowest BCUT2D eigenvalue weighted by atomic mass is 10.1. The van der Waals surface area contributed by atoms with Crippen molar-refractivity contribution in [2.75, 3.05) is 12.5 Å². The van der Waals surface area contributed by atoms with Crippen LogP contribution in [0.25, 0.3) is 0 Å². The molecule has 1 heterocycles. The smallest absolute Gasteiger partial charge is 0.164 e. The minimum absolute atomic E-state index is 0.123. The minimum atomic E-state index is 0.123. The lowest BCUT2D eigenvalue weighted by Crippen LogP contribution is -2.11. The molecule has 1 atom stereocenters. The normalized spacial score (nSPS) is 12.0. The first-order valence-corrected chi connectivity index (χ1v) is 8.53. The number of benzene rings is 1. The maximum atomic E-state index is 9.45.